The minimum Gasteiger partial charge on any atom is -0.461 e. The fourth-order valence-corrected chi connectivity index (χ4v) is 3.57. The zero-order valence-corrected chi connectivity index (χ0v) is 14.7. The molecule has 0 amide bonds. The number of rotatable bonds is 6. The van der Waals surface area contributed by atoms with Crippen molar-refractivity contribution in [1.29, 1.82) is 0 Å². The van der Waals surface area contributed by atoms with E-state index in [4.69, 9.17) is 4.42 Å². The van der Waals surface area contributed by atoms with E-state index in [1.807, 2.05) is 41.0 Å². The van der Waals surface area contributed by atoms with Gasteiger partial charge in [0, 0.05) is 5.75 Å². The Morgan fingerprint density at radius 1 is 0.923 bits per heavy atom. The zero-order valence-electron chi connectivity index (χ0n) is 13.9. The standard InChI is InChI=1S/C20H16FN3OS/c21-17-10-5-4-9-16(17)14-26-20-23-22-19(18-11-6-12-25-18)24(20)13-15-7-2-1-3-8-15/h1-12H,13-14H2. The normalized spacial score (nSPS) is 11.0. The van der Waals surface area contributed by atoms with E-state index in [0.29, 0.717) is 29.4 Å². The average molecular weight is 365 g/mol. The molecule has 130 valence electrons. The van der Waals surface area contributed by atoms with Gasteiger partial charge in [-0.1, -0.05) is 60.3 Å². The van der Waals surface area contributed by atoms with E-state index in [9.17, 15) is 4.39 Å². The Morgan fingerprint density at radius 3 is 2.50 bits per heavy atom. The van der Waals surface area contributed by atoms with E-state index in [1.54, 1.807) is 18.4 Å². The number of thioether (sulfide) groups is 1. The van der Waals surface area contributed by atoms with E-state index in [0.717, 1.165) is 10.7 Å². The van der Waals surface area contributed by atoms with Crippen LogP contribution >= 0.6 is 11.8 Å². The molecule has 0 atom stereocenters. The highest BCUT2D eigenvalue weighted by Gasteiger charge is 2.17. The van der Waals surface area contributed by atoms with Crippen molar-refractivity contribution < 1.29 is 8.81 Å². The van der Waals surface area contributed by atoms with E-state index in [2.05, 4.69) is 22.3 Å². The van der Waals surface area contributed by atoms with Crippen LogP contribution in [0.15, 0.2) is 82.6 Å². The molecular weight excluding hydrogens is 349 g/mol. The van der Waals surface area contributed by atoms with Crippen LogP contribution in [0.3, 0.4) is 0 Å². The van der Waals surface area contributed by atoms with Crippen molar-refractivity contribution in [3.8, 4) is 11.6 Å². The van der Waals surface area contributed by atoms with E-state index in [-0.39, 0.29) is 5.82 Å². The van der Waals surface area contributed by atoms with Gasteiger partial charge in [0.25, 0.3) is 0 Å². The van der Waals surface area contributed by atoms with Crippen molar-refractivity contribution in [3.63, 3.8) is 0 Å². The number of hydrogen-bond donors (Lipinski definition) is 0. The largest absolute Gasteiger partial charge is 0.461 e. The summed E-state index contributed by atoms with van der Waals surface area (Å²) in [6, 6.07) is 20.5. The van der Waals surface area contributed by atoms with Gasteiger partial charge in [-0.3, -0.25) is 4.57 Å². The predicted molar refractivity (Wildman–Crippen MR) is 99.2 cm³/mol. The maximum absolute atomic E-state index is 13.9. The second-order valence-electron chi connectivity index (χ2n) is 5.74. The second-order valence-corrected chi connectivity index (χ2v) is 6.68. The van der Waals surface area contributed by atoms with Crippen LogP contribution in [0, 0.1) is 5.82 Å². The van der Waals surface area contributed by atoms with Crippen LogP contribution in [0.25, 0.3) is 11.6 Å². The maximum atomic E-state index is 13.9. The zero-order chi connectivity index (χ0) is 17.8. The van der Waals surface area contributed by atoms with Crippen molar-refractivity contribution in [2.75, 3.05) is 0 Å². The average Bonchev–Trinajstić information content (AvgIpc) is 3.32. The third-order valence-corrected chi connectivity index (χ3v) is 4.97. The van der Waals surface area contributed by atoms with Gasteiger partial charge in [0.15, 0.2) is 10.9 Å². The molecule has 2 heterocycles. The SMILES string of the molecule is Fc1ccccc1CSc1nnc(-c2ccco2)n1Cc1ccccc1. The van der Waals surface area contributed by atoms with Crippen molar-refractivity contribution in [1.82, 2.24) is 14.8 Å². The molecule has 0 saturated carbocycles. The predicted octanol–water partition coefficient (Wildman–Crippen LogP) is 5.02. The Labute approximate surface area is 154 Å². The number of furan rings is 1. The topological polar surface area (TPSA) is 43.9 Å². The lowest BCUT2D eigenvalue weighted by Gasteiger charge is -2.09. The van der Waals surface area contributed by atoms with E-state index >= 15 is 0 Å². The van der Waals surface area contributed by atoms with Gasteiger partial charge in [-0.05, 0) is 29.3 Å². The first-order valence-electron chi connectivity index (χ1n) is 8.18. The monoisotopic (exact) mass is 365 g/mol. The molecule has 4 rings (SSSR count). The van der Waals surface area contributed by atoms with Crippen molar-refractivity contribution in [2.45, 2.75) is 17.5 Å². The molecular formula is C20H16FN3OS. The summed E-state index contributed by atoms with van der Waals surface area (Å²) in [6.07, 6.45) is 1.61. The van der Waals surface area contributed by atoms with Gasteiger partial charge in [0.2, 0.25) is 5.82 Å². The molecule has 4 aromatic rings. The fourth-order valence-electron chi connectivity index (χ4n) is 2.65. The molecule has 0 fully saturated rings. The molecule has 26 heavy (non-hydrogen) atoms. The molecule has 0 aliphatic rings. The highest BCUT2D eigenvalue weighted by atomic mass is 32.2. The Balaban J connectivity index is 1.64. The Hall–Kier alpha value is -2.86. The molecule has 4 nitrogen and oxygen atoms in total. The summed E-state index contributed by atoms with van der Waals surface area (Å²) in [5.41, 5.74) is 1.78. The van der Waals surface area contributed by atoms with Gasteiger partial charge in [-0.2, -0.15) is 0 Å². The molecule has 0 saturated heterocycles. The van der Waals surface area contributed by atoms with Gasteiger partial charge >= 0.3 is 0 Å². The fraction of sp³-hybridized carbons (Fsp3) is 0.100. The van der Waals surface area contributed by atoms with Gasteiger partial charge in [0.1, 0.15) is 5.82 Å². The molecule has 0 N–H and O–H groups in total. The lowest BCUT2D eigenvalue weighted by molar-refractivity contribution is 0.569. The quantitative estimate of drug-likeness (QED) is 0.450. The van der Waals surface area contributed by atoms with Crippen molar-refractivity contribution in [3.05, 3.63) is 89.9 Å². The van der Waals surface area contributed by atoms with Crippen molar-refractivity contribution >= 4 is 11.8 Å². The lowest BCUT2D eigenvalue weighted by atomic mass is 10.2. The van der Waals surface area contributed by atoms with Crippen LogP contribution in [-0.4, -0.2) is 14.8 Å². The molecule has 0 aliphatic heterocycles. The minimum absolute atomic E-state index is 0.208. The molecule has 0 bridgehead atoms. The first-order valence-corrected chi connectivity index (χ1v) is 9.17. The van der Waals surface area contributed by atoms with Gasteiger partial charge in [0.05, 0.1) is 12.8 Å². The Morgan fingerprint density at radius 2 is 1.73 bits per heavy atom. The number of nitrogens with zero attached hydrogens (tertiary/aromatic N) is 3. The molecule has 0 radical (unpaired) electrons. The van der Waals surface area contributed by atoms with Gasteiger partial charge < -0.3 is 4.42 Å². The number of halogens is 1. The maximum Gasteiger partial charge on any atom is 0.200 e. The third-order valence-electron chi connectivity index (χ3n) is 3.96. The molecule has 0 unspecified atom stereocenters. The van der Waals surface area contributed by atoms with E-state index < -0.39 is 0 Å². The minimum atomic E-state index is -0.208. The first-order chi connectivity index (χ1) is 12.8. The summed E-state index contributed by atoms with van der Waals surface area (Å²) in [5, 5.41) is 9.33. The van der Waals surface area contributed by atoms with Crippen LogP contribution in [0.4, 0.5) is 4.39 Å². The van der Waals surface area contributed by atoms with Crippen molar-refractivity contribution in [2.24, 2.45) is 0 Å². The highest BCUT2D eigenvalue weighted by molar-refractivity contribution is 7.98. The van der Waals surface area contributed by atoms with Crippen LogP contribution < -0.4 is 0 Å². The van der Waals surface area contributed by atoms with E-state index in [1.165, 1.54) is 17.8 Å². The Bertz CT molecular complexity index is 983. The van der Waals surface area contributed by atoms with Crippen LogP contribution in [0.2, 0.25) is 0 Å². The molecule has 0 spiro atoms. The number of hydrogen-bond acceptors (Lipinski definition) is 4. The molecule has 2 aromatic carbocycles. The summed E-state index contributed by atoms with van der Waals surface area (Å²) < 4.78 is 21.4. The first kappa shape index (κ1) is 16.6. The molecule has 6 heteroatoms. The van der Waals surface area contributed by atoms with Gasteiger partial charge in [-0.25, -0.2) is 4.39 Å². The van der Waals surface area contributed by atoms with Gasteiger partial charge in [-0.15, -0.1) is 10.2 Å². The molecule has 0 aliphatic carbocycles. The number of aromatic nitrogens is 3. The second kappa shape index (κ2) is 7.58. The smallest absolute Gasteiger partial charge is 0.200 e. The van der Waals surface area contributed by atoms with Crippen LogP contribution in [0.5, 0.6) is 0 Å². The van der Waals surface area contributed by atoms with Crippen LogP contribution in [0.1, 0.15) is 11.1 Å². The third kappa shape index (κ3) is 3.55. The lowest BCUT2D eigenvalue weighted by Crippen LogP contribution is -2.04. The highest BCUT2D eigenvalue weighted by Crippen LogP contribution is 2.28. The summed E-state index contributed by atoms with van der Waals surface area (Å²) in [4.78, 5) is 0. The number of benzene rings is 2. The Kier molecular flexibility index (Phi) is 4.84. The summed E-state index contributed by atoms with van der Waals surface area (Å²) in [6.45, 7) is 0.615. The summed E-state index contributed by atoms with van der Waals surface area (Å²) in [5.74, 6) is 1.60. The van der Waals surface area contributed by atoms with Crippen LogP contribution in [-0.2, 0) is 12.3 Å². The molecule has 2 aromatic heterocycles. The summed E-state index contributed by atoms with van der Waals surface area (Å²) >= 11 is 1.46. The summed E-state index contributed by atoms with van der Waals surface area (Å²) in [7, 11) is 0.